The van der Waals surface area contributed by atoms with Crippen molar-refractivity contribution in [1.82, 2.24) is 4.90 Å². The van der Waals surface area contributed by atoms with Gasteiger partial charge in [0.15, 0.2) is 0 Å². The van der Waals surface area contributed by atoms with Gasteiger partial charge in [-0.1, -0.05) is 30.3 Å². The molecular weight excluding hydrogens is 514 g/mol. The third-order valence-electron chi connectivity index (χ3n) is 8.29. The van der Waals surface area contributed by atoms with E-state index in [1.54, 1.807) is 0 Å². The molecule has 2 fully saturated rings. The van der Waals surface area contributed by atoms with Crippen molar-refractivity contribution >= 4 is 23.4 Å². The Labute approximate surface area is 242 Å². The fourth-order valence-corrected chi connectivity index (χ4v) is 5.82. The van der Waals surface area contributed by atoms with Crippen LogP contribution in [0.4, 0.5) is 11.4 Å². The molecule has 0 spiro atoms. The molecular formula is C34H39N3O4. The van der Waals surface area contributed by atoms with Crippen LogP contribution in [0, 0.1) is 0 Å². The lowest BCUT2D eigenvalue weighted by atomic mass is 10.0. The summed E-state index contributed by atoms with van der Waals surface area (Å²) in [5.74, 6) is 0.716. The number of morpholine rings is 1. The molecule has 41 heavy (non-hydrogen) atoms. The number of ether oxygens (including phenoxy) is 3. The summed E-state index contributed by atoms with van der Waals surface area (Å²) in [5, 5.41) is 3.09. The molecule has 3 aliphatic heterocycles. The largest absolute Gasteiger partial charge is 0.493 e. The molecule has 0 saturated carbocycles. The van der Waals surface area contributed by atoms with Gasteiger partial charge < -0.3 is 24.4 Å². The number of nitrogens with zero attached hydrogens (tertiary/aromatic N) is 2. The summed E-state index contributed by atoms with van der Waals surface area (Å²) in [6.07, 6.45) is 4.68. The first kappa shape index (κ1) is 27.5. The third-order valence-corrected chi connectivity index (χ3v) is 8.29. The summed E-state index contributed by atoms with van der Waals surface area (Å²) in [7, 11) is 2.18. The van der Waals surface area contributed by atoms with Crippen LogP contribution >= 0.6 is 0 Å². The monoisotopic (exact) mass is 553 g/mol. The maximum Gasteiger partial charge on any atom is 0.251 e. The smallest absolute Gasteiger partial charge is 0.251 e. The molecule has 3 heterocycles. The normalized spacial score (nSPS) is 17.8. The minimum Gasteiger partial charge on any atom is -0.493 e. The Morgan fingerprint density at radius 2 is 1.59 bits per heavy atom. The number of carbonyl (C=O) groups is 1. The Morgan fingerprint density at radius 3 is 2.34 bits per heavy atom. The van der Waals surface area contributed by atoms with Crippen LogP contribution in [0.15, 0.2) is 72.3 Å². The number of hydrogen-bond donors (Lipinski definition) is 1. The molecule has 0 unspecified atom stereocenters. The van der Waals surface area contributed by atoms with Gasteiger partial charge in [0.05, 0.1) is 19.8 Å². The number of carbonyl (C=O) groups excluding carboxylic acids is 1. The Bertz CT molecular complexity index is 1360. The van der Waals surface area contributed by atoms with Gasteiger partial charge in [0.1, 0.15) is 5.75 Å². The van der Waals surface area contributed by atoms with Crippen LogP contribution < -0.4 is 15.0 Å². The van der Waals surface area contributed by atoms with Crippen LogP contribution in [0.25, 0.3) is 17.2 Å². The summed E-state index contributed by atoms with van der Waals surface area (Å²) in [5.41, 5.74) is 7.12. The fraction of sp³-hybridized carbons (Fsp3) is 0.382. The van der Waals surface area contributed by atoms with Gasteiger partial charge >= 0.3 is 0 Å². The summed E-state index contributed by atoms with van der Waals surface area (Å²) < 4.78 is 17.0. The van der Waals surface area contributed by atoms with E-state index in [0.717, 1.165) is 87.0 Å². The van der Waals surface area contributed by atoms with Gasteiger partial charge in [0.2, 0.25) is 0 Å². The topological polar surface area (TPSA) is 63.3 Å². The van der Waals surface area contributed by atoms with Crippen LogP contribution in [0.5, 0.6) is 5.75 Å². The quantitative estimate of drug-likeness (QED) is 0.411. The van der Waals surface area contributed by atoms with Crippen molar-refractivity contribution < 1.29 is 19.0 Å². The summed E-state index contributed by atoms with van der Waals surface area (Å²) in [6, 6.07) is 23.6. The number of rotatable bonds is 7. The van der Waals surface area contributed by atoms with Gasteiger partial charge in [-0.05, 0) is 79.1 Å². The molecule has 1 N–H and O–H groups in total. The van der Waals surface area contributed by atoms with Crippen molar-refractivity contribution in [1.29, 1.82) is 0 Å². The standard InChI is InChI=1S/C34H39N3O4/c1-36(31-13-17-39-18-14-31)24-25-2-7-30(8-3-25)35-34(38)28-12-19-41-33-11-6-27(22-29(33)23-28)26-4-9-32(10-5-26)37-15-20-40-21-16-37/h2-11,22-23,31H,12-21,24H2,1H3,(H,35,38). The first-order chi connectivity index (χ1) is 20.1. The van der Waals surface area contributed by atoms with E-state index < -0.39 is 0 Å². The third kappa shape index (κ3) is 6.81. The lowest BCUT2D eigenvalue weighted by molar-refractivity contribution is -0.113. The minimum atomic E-state index is -0.0891. The highest BCUT2D eigenvalue weighted by molar-refractivity contribution is 6.07. The van der Waals surface area contributed by atoms with Gasteiger partial charge in [0.25, 0.3) is 5.91 Å². The van der Waals surface area contributed by atoms with Crippen LogP contribution in [0.1, 0.15) is 30.4 Å². The molecule has 3 aliphatic rings. The average Bonchev–Trinajstić information content (AvgIpc) is 3.25. The molecule has 0 radical (unpaired) electrons. The van der Waals surface area contributed by atoms with Crippen LogP contribution in [-0.2, 0) is 20.8 Å². The number of anilines is 2. The van der Waals surface area contributed by atoms with E-state index in [9.17, 15) is 4.79 Å². The molecule has 0 aliphatic carbocycles. The molecule has 7 nitrogen and oxygen atoms in total. The molecule has 214 valence electrons. The number of hydrogen-bond acceptors (Lipinski definition) is 6. The Morgan fingerprint density at radius 1 is 0.878 bits per heavy atom. The number of amides is 1. The SMILES string of the molecule is CN(Cc1ccc(NC(=O)C2=Cc3cc(-c4ccc(N5CCOCC5)cc4)ccc3OCC2)cc1)C1CCOCC1. The summed E-state index contributed by atoms with van der Waals surface area (Å²) >= 11 is 0. The van der Waals surface area contributed by atoms with Crippen LogP contribution in [0.3, 0.4) is 0 Å². The average molecular weight is 554 g/mol. The molecule has 6 rings (SSSR count). The lowest BCUT2D eigenvalue weighted by Crippen LogP contribution is -2.36. The van der Waals surface area contributed by atoms with E-state index in [2.05, 4.69) is 70.7 Å². The highest BCUT2D eigenvalue weighted by atomic mass is 16.5. The van der Waals surface area contributed by atoms with E-state index in [1.165, 1.54) is 11.3 Å². The van der Waals surface area contributed by atoms with E-state index in [-0.39, 0.29) is 5.91 Å². The Balaban J connectivity index is 1.12. The highest BCUT2D eigenvalue weighted by Crippen LogP contribution is 2.32. The van der Waals surface area contributed by atoms with Crippen molar-refractivity contribution in [3.8, 4) is 16.9 Å². The maximum absolute atomic E-state index is 13.3. The number of benzene rings is 3. The van der Waals surface area contributed by atoms with Crippen molar-refractivity contribution in [2.24, 2.45) is 0 Å². The molecule has 2 saturated heterocycles. The van der Waals surface area contributed by atoms with Gasteiger partial charge in [-0.25, -0.2) is 0 Å². The van der Waals surface area contributed by atoms with Gasteiger partial charge in [-0.3, -0.25) is 9.69 Å². The molecule has 7 heteroatoms. The number of fused-ring (bicyclic) bond motifs is 1. The van der Waals surface area contributed by atoms with Crippen LogP contribution in [0.2, 0.25) is 0 Å². The first-order valence-electron chi connectivity index (χ1n) is 14.7. The lowest BCUT2D eigenvalue weighted by Gasteiger charge is -2.31. The van der Waals surface area contributed by atoms with Crippen LogP contribution in [-0.4, -0.2) is 70.0 Å². The molecule has 3 aromatic carbocycles. The van der Waals surface area contributed by atoms with Gasteiger partial charge in [-0.15, -0.1) is 0 Å². The Hall–Kier alpha value is -3.65. The van der Waals surface area contributed by atoms with Gasteiger partial charge in [0, 0.05) is 67.8 Å². The summed E-state index contributed by atoms with van der Waals surface area (Å²) in [4.78, 5) is 18.0. The molecule has 0 aromatic heterocycles. The molecule has 1 amide bonds. The molecule has 0 bridgehead atoms. The van der Waals surface area contributed by atoms with Gasteiger partial charge in [-0.2, -0.15) is 0 Å². The zero-order chi connectivity index (χ0) is 28.0. The Kier molecular flexibility index (Phi) is 8.65. The maximum atomic E-state index is 13.3. The van der Waals surface area contributed by atoms with E-state index >= 15 is 0 Å². The first-order valence-corrected chi connectivity index (χ1v) is 14.7. The zero-order valence-corrected chi connectivity index (χ0v) is 23.8. The van der Waals surface area contributed by atoms with Crippen molar-refractivity contribution in [3.05, 3.63) is 83.4 Å². The highest BCUT2D eigenvalue weighted by Gasteiger charge is 2.19. The van der Waals surface area contributed by atoms with Crippen molar-refractivity contribution in [2.75, 3.05) is 63.4 Å². The second kappa shape index (κ2) is 12.9. The zero-order valence-electron chi connectivity index (χ0n) is 23.8. The fourth-order valence-electron chi connectivity index (χ4n) is 5.82. The predicted molar refractivity (Wildman–Crippen MR) is 163 cm³/mol. The number of nitrogens with one attached hydrogen (secondary N) is 1. The molecule has 3 aromatic rings. The van der Waals surface area contributed by atoms with E-state index in [4.69, 9.17) is 14.2 Å². The molecule has 0 atom stereocenters. The second-order valence-corrected chi connectivity index (χ2v) is 11.1. The summed E-state index contributed by atoms with van der Waals surface area (Å²) in [6.45, 7) is 6.42. The second-order valence-electron chi connectivity index (χ2n) is 11.1. The predicted octanol–water partition coefficient (Wildman–Crippen LogP) is 5.61. The van der Waals surface area contributed by atoms with E-state index in [1.807, 2.05) is 24.3 Å². The van der Waals surface area contributed by atoms with E-state index in [0.29, 0.717) is 24.6 Å². The van der Waals surface area contributed by atoms with Crippen molar-refractivity contribution in [3.63, 3.8) is 0 Å². The van der Waals surface area contributed by atoms with Crippen molar-refractivity contribution in [2.45, 2.75) is 31.8 Å². The minimum absolute atomic E-state index is 0.0891.